The molecule has 1 N–H and O–H groups in total. The summed E-state index contributed by atoms with van der Waals surface area (Å²) >= 11 is 0. The van der Waals surface area contributed by atoms with Gasteiger partial charge in [-0.1, -0.05) is 30.4 Å². The fourth-order valence-corrected chi connectivity index (χ4v) is 6.42. The van der Waals surface area contributed by atoms with Crippen molar-refractivity contribution in [2.24, 2.45) is 0 Å². The second-order valence-corrected chi connectivity index (χ2v) is 11.3. The first-order chi connectivity index (χ1) is 19.8. The summed E-state index contributed by atoms with van der Waals surface area (Å²) in [5.74, 6) is -2.05. The third-order valence-corrected chi connectivity index (χ3v) is 8.41. The lowest BCUT2D eigenvalue weighted by molar-refractivity contribution is -0.135. The van der Waals surface area contributed by atoms with Gasteiger partial charge in [-0.3, -0.25) is 14.4 Å². The van der Waals surface area contributed by atoms with Crippen LogP contribution >= 0.6 is 0 Å². The third-order valence-electron chi connectivity index (χ3n) is 8.41. The number of fused-ring (bicyclic) bond motifs is 2. The van der Waals surface area contributed by atoms with E-state index in [0.717, 1.165) is 29.3 Å². The van der Waals surface area contributed by atoms with Gasteiger partial charge in [0.2, 0.25) is 0 Å². The Hall–Kier alpha value is -4.20. The van der Waals surface area contributed by atoms with Crippen LogP contribution in [0.25, 0.3) is 17.0 Å². The van der Waals surface area contributed by atoms with Crippen LogP contribution in [0.15, 0.2) is 41.2 Å². The van der Waals surface area contributed by atoms with E-state index < -0.39 is 24.0 Å². The zero-order valence-corrected chi connectivity index (χ0v) is 23.1. The van der Waals surface area contributed by atoms with E-state index >= 15 is 0 Å². The molecule has 3 aliphatic rings. The van der Waals surface area contributed by atoms with Crippen LogP contribution in [0.5, 0.6) is 11.5 Å². The molecule has 6 rings (SSSR count). The van der Waals surface area contributed by atoms with Crippen molar-refractivity contribution in [1.29, 1.82) is 0 Å². The van der Waals surface area contributed by atoms with Crippen molar-refractivity contribution in [2.75, 3.05) is 0 Å². The number of aryl methyl sites for hydroxylation is 2. The average molecular weight is 556 g/mol. The van der Waals surface area contributed by atoms with Crippen molar-refractivity contribution < 1.29 is 29.0 Å². The maximum absolute atomic E-state index is 13.9. The molecule has 3 aliphatic heterocycles. The first kappa shape index (κ1) is 27.0. The van der Waals surface area contributed by atoms with Gasteiger partial charge < -0.3 is 19.1 Å². The number of Topliss-reactive ketones (excluding diaryl/α,β-unsaturated/α-hetero) is 1. The minimum Gasteiger partial charge on any atom is -0.507 e. The highest BCUT2D eigenvalue weighted by atomic mass is 16.5. The molecule has 0 aliphatic carbocycles. The van der Waals surface area contributed by atoms with Crippen LogP contribution in [0.4, 0.5) is 0 Å². The maximum Gasteiger partial charge on any atom is 0.342 e. The number of para-hydroxylation sites is 1. The summed E-state index contributed by atoms with van der Waals surface area (Å²) in [7, 11) is 0. The number of pyridine rings is 1. The number of aromatic hydroxyl groups is 1. The van der Waals surface area contributed by atoms with Gasteiger partial charge in [-0.05, 0) is 74.1 Å². The van der Waals surface area contributed by atoms with Crippen molar-refractivity contribution in [1.82, 2.24) is 4.57 Å². The molecule has 8 heteroatoms. The molecule has 4 heterocycles. The molecule has 8 nitrogen and oxygen atoms in total. The standard InChI is InChI=1S/C33H33NO7/c1-19-8-5-14-23(35)13-4-2-3-9-21-17-26-29(31(37)28(21)33(39)40-19)24(18-27(36)41-26)25-16-22-11-6-10-20-12-7-15-34(30(20)22)32(25)38/h3,6,9-11,16-17,19,24,37H,2,4-5,7-8,12-15,18H2,1H3/b9-3+/t19-,24-/m1/s1. The van der Waals surface area contributed by atoms with Gasteiger partial charge in [0, 0.05) is 36.4 Å². The maximum atomic E-state index is 13.9. The van der Waals surface area contributed by atoms with Gasteiger partial charge in [0.25, 0.3) is 5.56 Å². The molecule has 212 valence electrons. The molecule has 0 spiro atoms. The molecule has 0 radical (unpaired) electrons. The molecule has 2 atom stereocenters. The SMILES string of the molecule is C[C@@H]1CCCC(=O)CCC/C=C/c2cc3c(c(O)c2C(=O)O1)[C@@H](c1cc2cccc4c2n(c1=O)CCC4)CC(=O)O3. The molecule has 0 unspecified atom stereocenters. The van der Waals surface area contributed by atoms with E-state index in [1.54, 1.807) is 23.6 Å². The monoisotopic (exact) mass is 555 g/mol. The number of ether oxygens (including phenoxy) is 2. The number of allylic oxidation sites excluding steroid dienone is 1. The van der Waals surface area contributed by atoms with E-state index in [-0.39, 0.29) is 40.4 Å². The van der Waals surface area contributed by atoms with Gasteiger partial charge in [-0.25, -0.2) is 4.79 Å². The molecule has 0 bridgehead atoms. The quantitative estimate of drug-likeness (QED) is 0.308. The zero-order valence-electron chi connectivity index (χ0n) is 23.1. The summed E-state index contributed by atoms with van der Waals surface area (Å²) in [5.41, 5.74) is 2.77. The highest BCUT2D eigenvalue weighted by Gasteiger charge is 2.37. The van der Waals surface area contributed by atoms with Crippen molar-refractivity contribution in [3.8, 4) is 11.5 Å². The number of cyclic esters (lactones) is 1. The Balaban J connectivity index is 1.50. The van der Waals surface area contributed by atoms with Crippen molar-refractivity contribution in [3.63, 3.8) is 0 Å². The van der Waals surface area contributed by atoms with Crippen LogP contribution in [-0.2, 0) is 27.3 Å². The minimum absolute atomic E-state index is 0.0209. The van der Waals surface area contributed by atoms with Crippen molar-refractivity contribution in [3.05, 3.63) is 74.6 Å². The number of nitrogens with zero attached hydrogens (tertiary/aromatic N) is 1. The van der Waals surface area contributed by atoms with Crippen LogP contribution < -0.4 is 10.3 Å². The number of aromatic nitrogens is 1. The summed E-state index contributed by atoms with van der Waals surface area (Å²) in [5, 5.41) is 12.6. The largest absolute Gasteiger partial charge is 0.507 e. The lowest BCUT2D eigenvalue weighted by atomic mass is 9.83. The van der Waals surface area contributed by atoms with Crippen molar-refractivity contribution >= 4 is 34.7 Å². The van der Waals surface area contributed by atoms with E-state index in [1.165, 1.54) is 0 Å². The van der Waals surface area contributed by atoms with Crippen LogP contribution in [0, 0.1) is 0 Å². The van der Waals surface area contributed by atoms with Gasteiger partial charge in [0.15, 0.2) is 0 Å². The number of hydrogen-bond donors (Lipinski definition) is 1. The Morgan fingerprint density at radius 3 is 2.68 bits per heavy atom. The Bertz CT molecular complexity index is 1660. The molecule has 1 aromatic heterocycles. The topological polar surface area (TPSA) is 112 Å². The Morgan fingerprint density at radius 2 is 1.83 bits per heavy atom. The number of benzene rings is 2. The van der Waals surface area contributed by atoms with E-state index in [4.69, 9.17) is 9.47 Å². The van der Waals surface area contributed by atoms with Gasteiger partial charge in [0.1, 0.15) is 22.8 Å². The summed E-state index contributed by atoms with van der Waals surface area (Å²) in [6, 6.07) is 9.32. The molecule has 0 saturated carbocycles. The van der Waals surface area contributed by atoms with Crippen LogP contribution in [0.3, 0.4) is 0 Å². The number of hydrogen-bond acceptors (Lipinski definition) is 7. The number of carbonyl (C=O) groups is 3. The molecule has 3 aromatic rings. The van der Waals surface area contributed by atoms with E-state index in [0.29, 0.717) is 56.2 Å². The van der Waals surface area contributed by atoms with E-state index in [2.05, 4.69) is 0 Å². The number of rotatable bonds is 1. The number of phenolic OH excluding ortho intramolecular Hbond substituents is 1. The van der Waals surface area contributed by atoms with Gasteiger partial charge in [-0.15, -0.1) is 0 Å². The highest BCUT2D eigenvalue weighted by molar-refractivity contribution is 5.99. The molecule has 0 fully saturated rings. The fourth-order valence-electron chi connectivity index (χ4n) is 6.42. The van der Waals surface area contributed by atoms with Gasteiger partial charge in [0.05, 0.1) is 18.0 Å². The molecular formula is C33H33NO7. The zero-order chi connectivity index (χ0) is 28.7. The van der Waals surface area contributed by atoms with Gasteiger partial charge >= 0.3 is 11.9 Å². The van der Waals surface area contributed by atoms with Crippen LogP contribution in [-0.4, -0.2) is 33.5 Å². The molecular weight excluding hydrogens is 522 g/mol. The highest BCUT2D eigenvalue weighted by Crippen LogP contribution is 2.47. The van der Waals surface area contributed by atoms with Crippen LogP contribution in [0.2, 0.25) is 0 Å². The summed E-state index contributed by atoms with van der Waals surface area (Å²) in [4.78, 5) is 52.3. The second-order valence-electron chi connectivity index (χ2n) is 11.3. The second kappa shape index (κ2) is 11.0. The molecule has 2 aromatic carbocycles. The first-order valence-corrected chi connectivity index (χ1v) is 14.5. The summed E-state index contributed by atoms with van der Waals surface area (Å²) in [6.45, 7) is 2.33. The Labute approximate surface area is 237 Å². The van der Waals surface area contributed by atoms with E-state index in [9.17, 15) is 24.3 Å². The predicted molar refractivity (Wildman–Crippen MR) is 153 cm³/mol. The Morgan fingerprint density at radius 1 is 1.00 bits per heavy atom. The van der Waals surface area contributed by atoms with E-state index in [1.807, 2.05) is 30.3 Å². The molecule has 0 saturated heterocycles. The lowest BCUT2D eigenvalue weighted by Gasteiger charge is -2.28. The number of phenols is 1. The first-order valence-electron chi connectivity index (χ1n) is 14.5. The smallest absolute Gasteiger partial charge is 0.342 e. The van der Waals surface area contributed by atoms with Gasteiger partial charge in [-0.2, -0.15) is 0 Å². The predicted octanol–water partition coefficient (Wildman–Crippen LogP) is 5.58. The normalized spacial score (nSPS) is 22.2. The van der Waals surface area contributed by atoms with Crippen molar-refractivity contribution in [2.45, 2.75) is 83.3 Å². The average Bonchev–Trinajstić information content (AvgIpc) is 2.93. The molecule has 41 heavy (non-hydrogen) atoms. The number of carbonyl (C=O) groups excluding carboxylic acids is 3. The number of esters is 2. The fraction of sp³-hybridized carbons (Fsp3) is 0.394. The van der Waals surface area contributed by atoms with Crippen LogP contribution in [0.1, 0.15) is 96.8 Å². The lowest BCUT2D eigenvalue weighted by Crippen LogP contribution is -2.32. The third kappa shape index (κ3) is 5.07. The Kier molecular flexibility index (Phi) is 7.24. The summed E-state index contributed by atoms with van der Waals surface area (Å²) in [6.07, 6.45) is 7.97. The number of ketones is 1. The summed E-state index contributed by atoms with van der Waals surface area (Å²) < 4.78 is 13.1. The molecule has 0 amide bonds. The minimum atomic E-state index is -0.795.